The fourth-order valence-corrected chi connectivity index (χ4v) is 7.92. The Bertz CT molecular complexity index is 1150. The Morgan fingerprint density at radius 2 is 1.71 bits per heavy atom. The minimum atomic E-state index is -0.399. The lowest BCUT2D eigenvalue weighted by Gasteiger charge is -2.46. The Kier molecular flexibility index (Phi) is 10.4. The molecule has 0 aromatic heterocycles. The number of benzene rings is 2. The van der Waals surface area contributed by atoms with Crippen molar-refractivity contribution < 1.29 is 9.18 Å². The largest absolute Gasteiger partial charge is 0.342 e. The van der Waals surface area contributed by atoms with Crippen molar-refractivity contribution in [1.82, 2.24) is 14.7 Å². The zero-order valence-electron chi connectivity index (χ0n) is 25.3. The average molecular weight is 582 g/mol. The number of carbonyl (C=O) groups is 1. The van der Waals surface area contributed by atoms with Crippen LogP contribution in [0.2, 0.25) is 5.02 Å². The maximum Gasteiger partial charge on any atom is 0.227 e. The van der Waals surface area contributed by atoms with Crippen LogP contribution in [0.25, 0.3) is 0 Å². The van der Waals surface area contributed by atoms with Gasteiger partial charge >= 0.3 is 0 Å². The summed E-state index contributed by atoms with van der Waals surface area (Å²) in [6, 6.07) is 12.5. The van der Waals surface area contributed by atoms with E-state index in [2.05, 4.69) is 41.8 Å². The van der Waals surface area contributed by atoms with Gasteiger partial charge < -0.3 is 9.80 Å². The van der Waals surface area contributed by atoms with Gasteiger partial charge in [-0.15, -0.1) is 0 Å². The number of hydrogen-bond acceptors (Lipinski definition) is 3. The van der Waals surface area contributed by atoms with E-state index in [1.807, 2.05) is 4.90 Å². The van der Waals surface area contributed by atoms with Crippen molar-refractivity contribution in [2.24, 2.45) is 0 Å². The van der Waals surface area contributed by atoms with Gasteiger partial charge in [-0.3, -0.25) is 9.69 Å². The van der Waals surface area contributed by atoms with E-state index in [1.54, 1.807) is 12.1 Å². The van der Waals surface area contributed by atoms with Gasteiger partial charge in [0.1, 0.15) is 5.82 Å². The molecule has 1 aliphatic carbocycles. The van der Waals surface area contributed by atoms with Crippen LogP contribution < -0.4 is 0 Å². The normalized spacial score (nSPS) is 23.2. The van der Waals surface area contributed by atoms with E-state index in [0.29, 0.717) is 17.1 Å². The Morgan fingerprint density at radius 1 is 0.951 bits per heavy atom. The number of aryl methyl sites for hydroxylation is 2. The van der Waals surface area contributed by atoms with Crippen molar-refractivity contribution in [1.29, 1.82) is 0 Å². The molecule has 6 heteroatoms. The average Bonchev–Trinajstić information content (AvgIpc) is 3.02. The summed E-state index contributed by atoms with van der Waals surface area (Å²) in [7, 11) is 0. The summed E-state index contributed by atoms with van der Waals surface area (Å²) < 4.78 is 14.6. The molecule has 0 spiro atoms. The number of piperidine rings is 1. The Labute approximate surface area is 252 Å². The van der Waals surface area contributed by atoms with E-state index in [1.165, 1.54) is 68.0 Å². The molecule has 2 aromatic carbocycles. The molecule has 5 rings (SSSR count). The second kappa shape index (κ2) is 14.0. The predicted molar refractivity (Wildman–Crippen MR) is 167 cm³/mol. The summed E-state index contributed by atoms with van der Waals surface area (Å²) in [5.74, 6) is -0.424. The molecule has 2 aromatic rings. The van der Waals surface area contributed by atoms with Crippen LogP contribution in [0, 0.1) is 5.82 Å². The third-order valence-corrected chi connectivity index (χ3v) is 10.7. The third-order valence-electron chi connectivity index (χ3n) is 10.3. The van der Waals surface area contributed by atoms with Gasteiger partial charge in [-0.2, -0.15) is 0 Å². The molecule has 1 amide bonds. The Hall–Kier alpha value is -1.95. The highest BCUT2D eigenvalue weighted by Gasteiger charge is 2.39. The summed E-state index contributed by atoms with van der Waals surface area (Å²) in [4.78, 5) is 21.0. The lowest BCUT2D eigenvalue weighted by Crippen LogP contribution is -2.53. The molecule has 3 fully saturated rings. The van der Waals surface area contributed by atoms with Crippen molar-refractivity contribution in [3.63, 3.8) is 0 Å². The minimum Gasteiger partial charge on any atom is -0.342 e. The maximum absolute atomic E-state index is 14.6. The molecule has 0 N–H and O–H groups in total. The second-order valence-corrected chi connectivity index (χ2v) is 13.1. The van der Waals surface area contributed by atoms with Gasteiger partial charge in [0.2, 0.25) is 5.91 Å². The fraction of sp³-hybridized carbons (Fsp3) is 0.629. The van der Waals surface area contributed by atoms with Gasteiger partial charge in [0.05, 0.1) is 6.42 Å². The number of halogens is 2. The van der Waals surface area contributed by atoms with Gasteiger partial charge in [-0.05, 0) is 80.3 Å². The molecule has 2 heterocycles. The van der Waals surface area contributed by atoms with Crippen LogP contribution in [0.4, 0.5) is 4.39 Å². The number of nitrogens with zero attached hydrogens (tertiary/aromatic N) is 3. The van der Waals surface area contributed by atoms with Crippen molar-refractivity contribution in [2.75, 3.05) is 45.8 Å². The molecule has 41 heavy (non-hydrogen) atoms. The van der Waals surface area contributed by atoms with Crippen molar-refractivity contribution >= 4 is 17.5 Å². The molecule has 2 aliphatic heterocycles. The van der Waals surface area contributed by atoms with E-state index in [0.717, 1.165) is 64.3 Å². The zero-order chi connectivity index (χ0) is 28.8. The lowest BCUT2D eigenvalue weighted by atomic mass is 9.70. The highest BCUT2D eigenvalue weighted by atomic mass is 35.5. The Balaban J connectivity index is 1.32. The minimum absolute atomic E-state index is 0.0136. The van der Waals surface area contributed by atoms with E-state index in [4.69, 9.17) is 11.6 Å². The number of piperazine rings is 1. The van der Waals surface area contributed by atoms with Gasteiger partial charge in [-0.1, -0.05) is 69.0 Å². The van der Waals surface area contributed by atoms with E-state index in [-0.39, 0.29) is 17.7 Å². The number of likely N-dealkylation sites (tertiary alicyclic amines) is 1. The SMILES string of the molecule is CCc1ccc(C2(CCN3CCN(C4CCCCC4)CC3)CCCN(C(=O)Cc3c(F)cccc3Cl)C2)cc1CC. The molecule has 1 atom stereocenters. The van der Waals surface area contributed by atoms with Crippen molar-refractivity contribution in [3.8, 4) is 0 Å². The first kappa shape index (κ1) is 30.5. The summed E-state index contributed by atoms with van der Waals surface area (Å²) in [5, 5.41) is 0.330. The van der Waals surface area contributed by atoms with Crippen LogP contribution in [0.5, 0.6) is 0 Å². The monoisotopic (exact) mass is 581 g/mol. The summed E-state index contributed by atoms with van der Waals surface area (Å²) in [6.45, 7) is 11.6. The van der Waals surface area contributed by atoms with E-state index in [9.17, 15) is 9.18 Å². The van der Waals surface area contributed by atoms with E-state index < -0.39 is 5.82 Å². The second-order valence-electron chi connectivity index (χ2n) is 12.7. The van der Waals surface area contributed by atoms with Gasteiger partial charge in [0.15, 0.2) is 0 Å². The lowest BCUT2D eigenvalue weighted by molar-refractivity contribution is -0.133. The van der Waals surface area contributed by atoms with Gasteiger partial charge in [-0.25, -0.2) is 4.39 Å². The first-order valence-electron chi connectivity index (χ1n) is 16.2. The Morgan fingerprint density at radius 3 is 2.41 bits per heavy atom. The number of carbonyl (C=O) groups excluding carboxylic acids is 1. The molecule has 1 unspecified atom stereocenters. The molecule has 1 saturated carbocycles. The van der Waals surface area contributed by atoms with Crippen LogP contribution in [0.1, 0.15) is 87.5 Å². The summed E-state index contributed by atoms with van der Waals surface area (Å²) >= 11 is 6.30. The van der Waals surface area contributed by atoms with Crippen LogP contribution in [-0.2, 0) is 29.5 Å². The number of hydrogen-bond donors (Lipinski definition) is 0. The van der Waals surface area contributed by atoms with Gasteiger partial charge in [0, 0.05) is 61.3 Å². The molecule has 2 saturated heterocycles. The molecule has 0 radical (unpaired) electrons. The van der Waals surface area contributed by atoms with Gasteiger partial charge in [0.25, 0.3) is 0 Å². The summed E-state index contributed by atoms with van der Waals surface area (Å²) in [5.41, 5.74) is 4.43. The molecule has 4 nitrogen and oxygen atoms in total. The quantitative estimate of drug-likeness (QED) is 0.317. The van der Waals surface area contributed by atoms with Crippen LogP contribution in [0.15, 0.2) is 36.4 Å². The standard InChI is InChI=1S/C35H49ClFN3O/c1-3-27-14-15-29(24-28(27)4-2)35(17-19-38-20-22-39(23-21-38)30-10-6-5-7-11-30)16-9-18-40(26-35)34(41)25-31-32(36)12-8-13-33(31)37/h8,12-15,24,30H,3-7,9-11,16-23,25-26H2,1-2H3. The number of rotatable bonds is 9. The topological polar surface area (TPSA) is 26.8 Å². The molecular weight excluding hydrogens is 533 g/mol. The first-order valence-corrected chi connectivity index (χ1v) is 16.6. The zero-order valence-corrected chi connectivity index (χ0v) is 26.0. The molecular formula is C35H49ClFN3O. The fourth-order valence-electron chi connectivity index (χ4n) is 7.69. The molecule has 0 bridgehead atoms. The molecule has 224 valence electrons. The number of amides is 1. The van der Waals surface area contributed by atoms with E-state index >= 15 is 0 Å². The van der Waals surface area contributed by atoms with Crippen LogP contribution in [-0.4, -0.2) is 72.5 Å². The summed E-state index contributed by atoms with van der Waals surface area (Å²) in [6.07, 6.45) is 12.1. The predicted octanol–water partition coefficient (Wildman–Crippen LogP) is 7.05. The van der Waals surface area contributed by atoms with Crippen LogP contribution >= 0.6 is 11.6 Å². The van der Waals surface area contributed by atoms with Crippen LogP contribution in [0.3, 0.4) is 0 Å². The maximum atomic E-state index is 14.6. The van der Waals surface area contributed by atoms with Crippen molar-refractivity contribution in [3.05, 3.63) is 69.5 Å². The molecule has 3 aliphatic rings. The third kappa shape index (κ3) is 7.17. The highest BCUT2D eigenvalue weighted by Crippen LogP contribution is 2.39. The smallest absolute Gasteiger partial charge is 0.227 e. The first-order chi connectivity index (χ1) is 19.9. The highest BCUT2D eigenvalue weighted by molar-refractivity contribution is 6.31. The van der Waals surface area contributed by atoms with Crippen molar-refractivity contribution in [2.45, 2.75) is 95.9 Å².